The second-order valence-electron chi connectivity index (χ2n) is 2.42. The van der Waals surface area contributed by atoms with E-state index in [1.165, 1.54) is 0 Å². The zero-order chi connectivity index (χ0) is 7.56. The lowest BCUT2D eigenvalue weighted by atomic mass is 10.3. The SMILES string of the molecule is O=C(CI)N1CCC(O)C1. The van der Waals surface area contributed by atoms with Crippen LogP contribution in [0.2, 0.25) is 0 Å². The average molecular weight is 255 g/mol. The zero-order valence-electron chi connectivity index (χ0n) is 5.59. The van der Waals surface area contributed by atoms with E-state index in [-0.39, 0.29) is 12.0 Å². The van der Waals surface area contributed by atoms with E-state index in [4.69, 9.17) is 5.11 Å². The number of likely N-dealkylation sites (tertiary alicyclic amines) is 1. The minimum atomic E-state index is -0.285. The fraction of sp³-hybridized carbons (Fsp3) is 0.833. The van der Waals surface area contributed by atoms with Gasteiger partial charge in [0, 0.05) is 13.1 Å². The van der Waals surface area contributed by atoms with Crippen LogP contribution in [0.5, 0.6) is 0 Å². The Bertz CT molecular complexity index is 140. The molecule has 10 heavy (non-hydrogen) atoms. The third-order valence-corrected chi connectivity index (χ3v) is 2.28. The maximum absolute atomic E-state index is 11.0. The van der Waals surface area contributed by atoms with Crippen molar-refractivity contribution in [2.45, 2.75) is 12.5 Å². The molecular formula is C6H10INO2. The lowest BCUT2D eigenvalue weighted by Crippen LogP contribution is -2.30. The van der Waals surface area contributed by atoms with E-state index in [9.17, 15) is 4.79 Å². The summed E-state index contributed by atoms with van der Waals surface area (Å²) in [5.74, 6) is 0.136. The molecule has 58 valence electrons. The van der Waals surface area contributed by atoms with Crippen LogP contribution in [-0.2, 0) is 4.79 Å². The molecule has 0 saturated carbocycles. The van der Waals surface area contributed by atoms with Crippen LogP contribution in [0.4, 0.5) is 0 Å². The molecule has 1 aliphatic rings. The number of hydrogen-bond donors (Lipinski definition) is 1. The van der Waals surface area contributed by atoms with Gasteiger partial charge in [-0.15, -0.1) is 0 Å². The molecular weight excluding hydrogens is 245 g/mol. The van der Waals surface area contributed by atoms with Crippen LogP contribution < -0.4 is 0 Å². The summed E-state index contributed by atoms with van der Waals surface area (Å²) in [6.45, 7) is 1.25. The van der Waals surface area contributed by atoms with E-state index in [0.717, 1.165) is 13.0 Å². The maximum atomic E-state index is 11.0. The highest BCUT2D eigenvalue weighted by molar-refractivity contribution is 14.1. The first-order valence-corrected chi connectivity index (χ1v) is 4.78. The van der Waals surface area contributed by atoms with Crippen LogP contribution in [0.15, 0.2) is 0 Å². The first-order valence-electron chi connectivity index (χ1n) is 3.26. The molecule has 1 heterocycles. The minimum Gasteiger partial charge on any atom is -0.391 e. The van der Waals surface area contributed by atoms with E-state index < -0.39 is 0 Å². The van der Waals surface area contributed by atoms with Crippen molar-refractivity contribution in [3.63, 3.8) is 0 Å². The van der Waals surface area contributed by atoms with Crippen LogP contribution >= 0.6 is 22.6 Å². The predicted octanol–water partition coefficient (Wildman–Crippen LogP) is 0.0146. The van der Waals surface area contributed by atoms with Gasteiger partial charge in [-0.05, 0) is 6.42 Å². The number of halogens is 1. The zero-order valence-corrected chi connectivity index (χ0v) is 7.74. The summed E-state index contributed by atoms with van der Waals surface area (Å²) < 4.78 is 0.518. The van der Waals surface area contributed by atoms with Gasteiger partial charge in [0.2, 0.25) is 5.91 Å². The molecule has 0 aromatic carbocycles. The van der Waals surface area contributed by atoms with Gasteiger partial charge in [0.15, 0.2) is 0 Å². The number of carbonyl (C=O) groups is 1. The van der Waals surface area contributed by atoms with Crippen molar-refractivity contribution < 1.29 is 9.90 Å². The van der Waals surface area contributed by atoms with Crippen LogP contribution in [0, 0.1) is 0 Å². The number of aliphatic hydroxyl groups excluding tert-OH is 1. The number of hydrogen-bond acceptors (Lipinski definition) is 2. The molecule has 1 aliphatic heterocycles. The number of amides is 1. The number of β-amino-alcohol motifs (C(OH)–C–C–N with tert-alkyl or cyclic N) is 1. The molecule has 1 saturated heterocycles. The molecule has 0 aromatic rings. The van der Waals surface area contributed by atoms with Gasteiger partial charge >= 0.3 is 0 Å². The number of aliphatic hydroxyl groups is 1. The first kappa shape index (κ1) is 8.26. The van der Waals surface area contributed by atoms with Gasteiger partial charge in [-0.25, -0.2) is 0 Å². The molecule has 0 aromatic heterocycles. The smallest absolute Gasteiger partial charge is 0.232 e. The fourth-order valence-corrected chi connectivity index (χ4v) is 1.54. The predicted molar refractivity (Wildman–Crippen MR) is 46.1 cm³/mol. The molecule has 1 fully saturated rings. The van der Waals surface area contributed by atoms with E-state index in [2.05, 4.69) is 0 Å². The standard InChI is InChI=1S/C6H10INO2/c7-3-6(10)8-2-1-5(9)4-8/h5,9H,1-4H2. The minimum absolute atomic E-state index is 0.136. The monoisotopic (exact) mass is 255 g/mol. The Balaban J connectivity index is 2.37. The van der Waals surface area contributed by atoms with E-state index in [1.807, 2.05) is 22.6 Å². The van der Waals surface area contributed by atoms with Crippen molar-refractivity contribution in [3.8, 4) is 0 Å². The molecule has 1 unspecified atom stereocenters. The van der Waals surface area contributed by atoms with Gasteiger partial charge in [-0.2, -0.15) is 0 Å². The molecule has 1 rings (SSSR count). The van der Waals surface area contributed by atoms with Crippen molar-refractivity contribution in [1.82, 2.24) is 4.90 Å². The lowest BCUT2D eigenvalue weighted by molar-refractivity contribution is -0.127. The van der Waals surface area contributed by atoms with Crippen molar-refractivity contribution in [2.75, 3.05) is 17.5 Å². The van der Waals surface area contributed by atoms with Gasteiger partial charge in [0.05, 0.1) is 10.5 Å². The third kappa shape index (κ3) is 1.82. The summed E-state index contributed by atoms with van der Waals surface area (Å²) in [6, 6.07) is 0. The van der Waals surface area contributed by atoms with Gasteiger partial charge in [0.1, 0.15) is 0 Å². The highest BCUT2D eigenvalue weighted by Gasteiger charge is 2.23. The Morgan fingerprint density at radius 3 is 2.90 bits per heavy atom. The van der Waals surface area contributed by atoms with Crippen LogP contribution in [0.25, 0.3) is 0 Å². The Hall–Kier alpha value is 0.160. The normalized spacial score (nSPS) is 25.4. The number of nitrogens with zero attached hydrogens (tertiary/aromatic N) is 1. The Kier molecular flexibility index (Phi) is 2.91. The van der Waals surface area contributed by atoms with Gasteiger partial charge in [-0.3, -0.25) is 4.79 Å². The second-order valence-corrected chi connectivity index (χ2v) is 3.18. The first-order chi connectivity index (χ1) is 4.74. The van der Waals surface area contributed by atoms with Crippen molar-refractivity contribution in [1.29, 1.82) is 0 Å². The largest absolute Gasteiger partial charge is 0.391 e. The summed E-state index contributed by atoms with van der Waals surface area (Å²) in [4.78, 5) is 12.7. The van der Waals surface area contributed by atoms with Crippen molar-refractivity contribution in [3.05, 3.63) is 0 Å². The molecule has 0 bridgehead atoms. The van der Waals surface area contributed by atoms with Crippen molar-refractivity contribution in [2.24, 2.45) is 0 Å². The fourth-order valence-electron chi connectivity index (χ4n) is 1.05. The maximum Gasteiger partial charge on any atom is 0.232 e. The highest BCUT2D eigenvalue weighted by Crippen LogP contribution is 2.09. The van der Waals surface area contributed by atoms with Gasteiger partial charge in [0.25, 0.3) is 0 Å². The summed E-state index contributed by atoms with van der Waals surface area (Å²) in [6.07, 6.45) is 0.453. The van der Waals surface area contributed by atoms with E-state index in [1.54, 1.807) is 4.90 Å². The topological polar surface area (TPSA) is 40.5 Å². The highest BCUT2D eigenvalue weighted by atomic mass is 127. The van der Waals surface area contributed by atoms with Crippen LogP contribution in [0.3, 0.4) is 0 Å². The summed E-state index contributed by atoms with van der Waals surface area (Å²) in [7, 11) is 0. The number of carbonyl (C=O) groups excluding carboxylic acids is 1. The molecule has 1 N–H and O–H groups in total. The molecule has 1 atom stereocenters. The number of rotatable bonds is 1. The Labute approximate surface area is 73.5 Å². The summed E-state index contributed by atoms with van der Waals surface area (Å²) in [5, 5.41) is 9.05. The lowest BCUT2D eigenvalue weighted by Gasteiger charge is -2.12. The quantitative estimate of drug-likeness (QED) is 0.530. The van der Waals surface area contributed by atoms with Crippen LogP contribution in [0.1, 0.15) is 6.42 Å². The number of alkyl halides is 1. The van der Waals surface area contributed by atoms with Gasteiger partial charge < -0.3 is 10.0 Å². The molecule has 0 radical (unpaired) electrons. The van der Waals surface area contributed by atoms with E-state index in [0.29, 0.717) is 11.0 Å². The van der Waals surface area contributed by atoms with Crippen molar-refractivity contribution >= 4 is 28.5 Å². The molecule has 0 spiro atoms. The van der Waals surface area contributed by atoms with Gasteiger partial charge in [-0.1, -0.05) is 22.6 Å². The molecule has 4 heteroatoms. The van der Waals surface area contributed by atoms with Crippen LogP contribution in [-0.4, -0.2) is 39.5 Å². The Morgan fingerprint density at radius 2 is 2.50 bits per heavy atom. The molecule has 1 amide bonds. The third-order valence-electron chi connectivity index (χ3n) is 1.63. The summed E-state index contributed by atoms with van der Waals surface area (Å²) >= 11 is 2.04. The summed E-state index contributed by atoms with van der Waals surface area (Å²) in [5.41, 5.74) is 0. The average Bonchev–Trinajstić information content (AvgIpc) is 2.34. The van der Waals surface area contributed by atoms with E-state index >= 15 is 0 Å². The Morgan fingerprint density at radius 1 is 1.80 bits per heavy atom. The molecule has 0 aliphatic carbocycles. The second kappa shape index (κ2) is 3.52. The molecule has 3 nitrogen and oxygen atoms in total.